The van der Waals surface area contributed by atoms with Gasteiger partial charge in [-0.05, 0) is 0 Å². The number of rotatable bonds is 7. The van der Waals surface area contributed by atoms with Crippen LogP contribution in [0, 0.1) is 0 Å². The molecule has 0 unspecified atom stereocenters. The molecule has 0 fully saturated rings. The molecule has 0 amide bonds. The Hall–Kier alpha value is -1.57. The second kappa shape index (κ2) is 7.44. The first-order chi connectivity index (χ1) is 10.1. The van der Waals surface area contributed by atoms with Gasteiger partial charge in [0, 0.05) is 30.6 Å². The maximum atomic E-state index is 5.23. The van der Waals surface area contributed by atoms with E-state index >= 15 is 0 Å². The highest BCUT2D eigenvalue weighted by molar-refractivity contribution is 7.15. The molecule has 21 heavy (non-hydrogen) atoms. The van der Waals surface area contributed by atoms with E-state index in [1.807, 2.05) is 0 Å². The van der Waals surface area contributed by atoms with Crippen LogP contribution in [0.4, 0.5) is 0 Å². The lowest BCUT2D eigenvalue weighted by atomic mass is 10.3. The highest BCUT2D eigenvalue weighted by Crippen LogP contribution is 2.28. The van der Waals surface area contributed by atoms with Crippen molar-refractivity contribution < 1.29 is 9.47 Å². The van der Waals surface area contributed by atoms with Gasteiger partial charge in [0.15, 0.2) is 0 Å². The topological polar surface area (TPSA) is 69.2 Å². The van der Waals surface area contributed by atoms with E-state index in [9.17, 15) is 0 Å². The number of thiazole rings is 1. The number of nitrogens with one attached hydrogen (secondary N) is 1. The summed E-state index contributed by atoms with van der Waals surface area (Å²) in [5.41, 5.74) is 1.71. The smallest absolute Gasteiger partial charge is 0.216 e. The maximum absolute atomic E-state index is 5.23. The van der Waals surface area contributed by atoms with Crippen LogP contribution in [0.2, 0.25) is 0 Å². The van der Waals surface area contributed by atoms with Gasteiger partial charge in [0.2, 0.25) is 5.88 Å². The van der Waals surface area contributed by atoms with Crippen LogP contribution in [0.15, 0.2) is 12.4 Å². The summed E-state index contributed by atoms with van der Waals surface area (Å²) in [6, 6.07) is 2.21. The van der Waals surface area contributed by atoms with Crippen LogP contribution in [-0.4, -0.2) is 35.2 Å². The van der Waals surface area contributed by atoms with Crippen LogP contribution in [-0.2, 0) is 17.9 Å². The van der Waals surface area contributed by atoms with Gasteiger partial charge >= 0.3 is 0 Å². The van der Waals surface area contributed by atoms with Gasteiger partial charge < -0.3 is 14.8 Å². The van der Waals surface area contributed by atoms with Crippen molar-refractivity contribution >= 4 is 11.3 Å². The Kier molecular flexibility index (Phi) is 5.60. The molecule has 2 heterocycles. The van der Waals surface area contributed by atoms with Crippen molar-refractivity contribution in [1.82, 2.24) is 20.3 Å². The molecule has 0 spiro atoms. The minimum absolute atomic E-state index is 0.421. The fraction of sp³-hybridized carbons (Fsp3) is 0.500. The summed E-state index contributed by atoms with van der Waals surface area (Å²) in [7, 11) is 3.26. The number of nitrogens with zero attached hydrogens (tertiary/aromatic N) is 3. The third kappa shape index (κ3) is 4.20. The Labute approximate surface area is 128 Å². The normalized spacial score (nSPS) is 11.1. The molecule has 0 aromatic carbocycles. The van der Waals surface area contributed by atoms with Crippen molar-refractivity contribution in [1.29, 1.82) is 0 Å². The quantitative estimate of drug-likeness (QED) is 0.846. The maximum Gasteiger partial charge on any atom is 0.216 e. The fourth-order valence-electron chi connectivity index (χ4n) is 1.75. The van der Waals surface area contributed by atoms with E-state index in [-0.39, 0.29) is 0 Å². The van der Waals surface area contributed by atoms with Gasteiger partial charge in [-0.2, -0.15) is 0 Å². The van der Waals surface area contributed by atoms with Gasteiger partial charge in [-0.1, -0.05) is 13.8 Å². The molecule has 2 aromatic rings. The van der Waals surface area contributed by atoms with E-state index in [0.717, 1.165) is 27.8 Å². The Morgan fingerprint density at radius 2 is 2.10 bits per heavy atom. The second-order valence-corrected chi connectivity index (χ2v) is 5.89. The summed E-state index contributed by atoms with van der Waals surface area (Å²) in [5, 5.41) is 4.26. The van der Waals surface area contributed by atoms with Gasteiger partial charge in [-0.15, -0.1) is 11.3 Å². The monoisotopic (exact) mass is 308 g/mol. The van der Waals surface area contributed by atoms with Crippen LogP contribution in [0.1, 0.15) is 24.4 Å². The summed E-state index contributed by atoms with van der Waals surface area (Å²) in [4.78, 5) is 14.1. The molecule has 0 saturated carbocycles. The third-order valence-electron chi connectivity index (χ3n) is 2.80. The number of methoxy groups -OCH3 is 2. The van der Waals surface area contributed by atoms with E-state index in [2.05, 4.69) is 34.1 Å². The Morgan fingerprint density at radius 3 is 2.76 bits per heavy atom. The lowest BCUT2D eigenvalue weighted by Gasteiger charge is -2.07. The molecule has 0 bridgehead atoms. The lowest BCUT2D eigenvalue weighted by Crippen LogP contribution is -2.21. The molecule has 0 aliphatic rings. The molecule has 0 atom stereocenters. The summed E-state index contributed by atoms with van der Waals surface area (Å²) in [5.74, 6) is 0.533. The van der Waals surface area contributed by atoms with Crippen LogP contribution in [0.25, 0.3) is 10.7 Å². The van der Waals surface area contributed by atoms with Gasteiger partial charge in [0.25, 0.3) is 0 Å². The summed E-state index contributed by atoms with van der Waals surface area (Å²) < 4.78 is 10.4. The summed E-state index contributed by atoms with van der Waals surface area (Å²) in [6.07, 6.45) is 1.48. The van der Waals surface area contributed by atoms with Crippen molar-refractivity contribution in [3.05, 3.63) is 23.0 Å². The first-order valence-electron chi connectivity index (χ1n) is 6.71. The van der Waals surface area contributed by atoms with E-state index < -0.39 is 0 Å². The number of hydrogen-bond donors (Lipinski definition) is 1. The van der Waals surface area contributed by atoms with Crippen molar-refractivity contribution in [2.24, 2.45) is 0 Å². The van der Waals surface area contributed by atoms with Gasteiger partial charge in [0.1, 0.15) is 17.0 Å². The zero-order chi connectivity index (χ0) is 15.2. The summed E-state index contributed by atoms with van der Waals surface area (Å²) >= 11 is 1.61. The number of hydrogen-bond acceptors (Lipinski definition) is 7. The average Bonchev–Trinajstić information content (AvgIpc) is 2.89. The summed E-state index contributed by atoms with van der Waals surface area (Å²) in [6.45, 7) is 5.50. The zero-order valence-electron chi connectivity index (χ0n) is 12.7. The van der Waals surface area contributed by atoms with Crippen molar-refractivity contribution in [3.63, 3.8) is 0 Å². The minimum Gasteiger partial charge on any atom is -0.481 e. The average molecular weight is 308 g/mol. The first kappa shape index (κ1) is 15.8. The Bertz CT molecular complexity index is 586. The van der Waals surface area contributed by atoms with E-state index in [0.29, 0.717) is 18.5 Å². The molecule has 7 heteroatoms. The number of aromatic nitrogens is 3. The van der Waals surface area contributed by atoms with Crippen LogP contribution < -0.4 is 10.1 Å². The SMILES string of the molecule is COCc1nc(-c2cc(OC)ncn2)sc1CNC(C)C. The lowest BCUT2D eigenvalue weighted by molar-refractivity contribution is 0.181. The molecule has 2 aromatic heterocycles. The van der Waals surface area contributed by atoms with Crippen LogP contribution in [0.3, 0.4) is 0 Å². The highest BCUT2D eigenvalue weighted by Gasteiger charge is 2.14. The predicted octanol–water partition coefficient (Wildman–Crippen LogP) is 2.25. The van der Waals surface area contributed by atoms with Gasteiger partial charge in [-0.25, -0.2) is 15.0 Å². The van der Waals surface area contributed by atoms with E-state index in [1.54, 1.807) is 31.6 Å². The number of ether oxygens (including phenoxy) is 2. The predicted molar refractivity (Wildman–Crippen MR) is 82.4 cm³/mol. The third-order valence-corrected chi connectivity index (χ3v) is 3.92. The highest BCUT2D eigenvalue weighted by atomic mass is 32.1. The van der Waals surface area contributed by atoms with Crippen LogP contribution in [0.5, 0.6) is 5.88 Å². The molecule has 0 saturated heterocycles. The first-order valence-corrected chi connectivity index (χ1v) is 7.53. The van der Waals surface area contributed by atoms with E-state index in [4.69, 9.17) is 9.47 Å². The molecule has 0 aliphatic carbocycles. The Balaban J connectivity index is 2.28. The minimum atomic E-state index is 0.421. The molecule has 114 valence electrons. The Morgan fingerprint density at radius 1 is 1.29 bits per heavy atom. The molecule has 2 rings (SSSR count). The second-order valence-electron chi connectivity index (χ2n) is 4.80. The molecule has 6 nitrogen and oxygen atoms in total. The molecule has 0 radical (unpaired) electrons. The zero-order valence-corrected chi connectivity index (χ0v) is 13.5. The van der Waals surface area contributed by atoms with Gasteiger partial charge in [0.05, 0.1) is 19.4 Å². The van der Waals surface area contributed by atoms with Crippen molar-refractivity contribution in [2.75, 3.05) is 14.2 Å². The molecule has 0 aliphatic heterocycles. The fourth-order valence-corrected chi connectivity index (χ4v) is 2.73. The molecular weight excluding hydrogens is 288 g/mol. The standard InChI is InChI=1S/C14H20N4O2S/c1-9(2)15-6-12-11(7-19-3)18-14(21-12)10-5-13(20-4)17-8-16-10/h5,8-9,15H,6-7H2,1-4H3. The largest absolute Gasteiger partial charge is 0.481 e. The van der Waals surface area contributed by atoms with Crippen molar-refractivity contribution in [2.45, 2.75) is 33.0 Å². The van der Waals surface area contributed by atoms with Gasteiger partial charge in [-0.3, -0.25) is 0 Å². The van der Waals surface area contributed by atoms with Crippen molar-refractivity contribution in [3.8, 4) is 16.6 Å². The van der Waals surface area contributed by atoms with Crippen LogP contribution >= 0.6 is 11.3 Å². The molecule has 1 N–H and O–H groups in total. The van der Waals surface area contributed by atoms with E-state index in [1.165, 1.54) is 6.33 Å². The molecular formula is C14H20N4O2S.